The third-order valence-corrected chi connectivity index (χ3v) is 9.95. The van der Waals surface area contributed by atoms with Crippen LogP contribution >= 0.6 is 10.7 Å². The van der Waals surface area contributed by atoms with Crippen LogP contribution in [0.15, 0.2) is 63.0 Å². The van der Waals surface area contributed by atoms with E-state index < -0.39 is 54.5 Å². The molecule has 0 aliphatic carbocycles. The second-order valence-electron chi connectivity index (χ2n) is 12.6. The predicted octanol–water partition coefficient (Wildman–Crippen LogP) is 5.42. The molecule has 1 atom stereocenters. The van der Waals surface area contributed by atoms with E-state index in [-0.39, 0.29) is 73.7 Å². The summed E-state index contributed by atoms with van der Waals surface area (Å²) < 4.78 is 67.1. The number of phenolic OH excluding ortho intramolecular Hbond substituents is 1. The highest BCUT2D eigenvalue weighted by Gasteiger charge is 2.33. The highest BCUT2D eigenvalue weighted by Crippen LogP contribution is 2.37. The first-order valence-electron chi connectivity index (χ1n) is 16.4. The van der Waals surface area contributed by atoms with Crippen LogP contribution in [0.3, 0.4) is 0 Å². The van der Waals surface area contributed by atoms with Crippen LogP contribution in [0.5, 0.6) is 5.75 Å². The Bertz CT molecular complexity index is 2330. The number of aromatic hydroxyl groups is 1. The molecule has 1 N–H and O–H groups in total. The Morgan fingerprint density at radius 1 is 1.13 bits per heavy atom. The van der Waals surface area contributed by atoms with Crippen molar-refractivity contribution in [3.8, 4) is 22.7 Å². The molecule has 5 aromatic rings. The van der Waals surface area contributed by atoms with Crippen molar-refractivity contribution in [2.75, 3.05) is 31.1 Å². The van der Waals surface area contributed by atoms with Gasteiger partial charge in [-0.05, 0) is 54.8 Å². The molecule has 0 saturated carbocycles. The van der Waals surface area contributed by atoms with Crippen LogP contribution in [-0.4, -0.2) is 76.1 Å². The molecule has 13 nitrogen and oxygen atoms in total. The quantitative estimate of drug-likeness (QED) is 0.181. The lowest BCUT2D eigenvalue weighted by Crippen LogP contribution is -2.57. The maximum absolute atomic E-state index is 16.2. The van der Waals surface area contributed by atoms with Crippen LogP contribution in [0, 0.1) is 18.6 Å². The van der Waals surface area contributed by atoms with Crippen LogP contribution in [0.25, 0.3) is 28.0 Å². The molecule has 0 bridgehead atoms. The van der Waals surface area contributed by atoms with Gasteiger partial charge in [0.15, 0.2) is 11.5 Å². The fourth-order valence-corrected chi connectivity index (χ4v) is 7.01. The number of halogens is 3. The number of ether oxygens (including phenoxy) is 1. The number of nitrogens with zero attached hydrogens (tertiary/aromatic N) is 6. The smallest absolute Gasteiger partial charge is 0.355 e. The standard InChI is InChI=1S/C35H35ClF2N6O7S/c1-5-27(46)42-13-14-43(21(16-42)17-50-18-22-9-10-28(51-22)52(36,48)49)33-23-15-25(38)31(29-24(37)7-6-8-26(29)45)40-34(23)44(35(47)41-33)32-20(4)11-12-39-30(32)19(2)3/h6-12,15,19,21,45H,5,13-14,16-18H2,1-4H3. The number of phenols is 1. The molecular weight excluding hydrogens is 722 g/mol. The van der Waals surface area contributed by atoms with Gasteiger partial charge >= 0.3 is 5.69 Å². The number of carbonyl (C=O) groups excluding carboxylic acids is 1. The topological polar surface area (TPSA) is 161 Å². The third kappa shape index (κ3) is 7.10. The number of amides is 1. The monoisotopic (exact) mass is 756 g/mol. The lowest BCUT2D eigenvalue weighted by Gasteiger charge is -2.42. The Kier molecular flexibility index (Phi) is 10.3. The van der Waals surface area contributed by atoms with Gasteiger partial charge in [0.1, 0.15) is 35.4 Å². The van der Waals surface area contributed by atoms with Crippen molar-refractivity contribution in [1.82, 2.24) is 24.4 Å². The van der Waals surface area contributed by atoms with Crippen molar-refractivity contribution in [3.05, 3.63) is 87.8 Å². The molecule has 1 aromatic carbocycles. The van der Waals surface area contributed by atoms with Crippen molar-refractivity contribution < 1.29 is 36.3 Å². The number of piperazine rings is 1. The van der Waals surface area contributed by atoms with E-state index in [0.717, 1.165) is 12.1 Å². The average molecular weight is 757 g/mol. The summed E-state index contributed by atoms with van der Waals surface area (Å²) >= 11 is 0. The van der Waals surface area contributed by atoms with Crippen LogP contribution in [-0.2, 0) is 25.2 Å². The van der Waals surface area contributed by atoms with Gasteiger partial charge in [-0.2, -0.15) is 4.98 Å². The van der Waals surface area contributed by atoms with Crippen molar-refractivity contribution in [3.63, 3.8) is 0 Å². The minimum Gasteiger partial charge on any atom is -0.507 e. The lowest BCUT2D eigenvalue weighted by molar-refractivity contribution is -0.132. The summed E-state index contributed by atoms with van der Waals surface area (Å²) in [5.41, 5.74) is -0.267. The van der Waals surface area contributed by atoms with E-state index in [9.17, 15) is 23.1 Å². The largest absolute Gasteiger partial charge is 0.507 e. The van der Waals surface area contributed by atoms with Gasteiger partial charge in [-0.15, -0.1) is 0 Å². The minimum atomic E-state index is -4.10. The van der Waals surface area contributed by atoms with E-state index in [1.165, 1.54) is 28.8 Å². The van der Waals surface area contributed by atoms with E-state index in [0.29, 0.717) is 16.9 Å². The van der Waals surface area contributed by atoms with Gasteiger partial charge in [-0.3, -0.25) is 9.78 Å². The van der Waals surface area contributed by atoms with Crippen molar-refractivity contribution >= 4 is 42.5 Å². The molecule has 17 heteroatoms. The average Bonchev–Trinajstić information content (AvgIpc) is 3.58. The predicted molar refractivity (Wildman–Crippen MR) is 188 cm³/mol. The van der Waals surface area contributed by atoms with Gasteiger partial charge in [0.25, 0.3) is 9.05 Å². The van der Waals surface area contributed by atoms with E-state index in [1.807, 2.05) is 13.8 Å². The maximum Gasteiger partial charge on any atom is 0.355 e. The second-order valence-corrected chi connectivity index (χ2v) is 15.1. The highest BCUT2D eigenvalue weighted by atomic mass is 35.7. The zero-order chi connectivity index (χ0) is 37.5. The number of anilines is 1. The first-order valence-corrected chi connectivity index (χ1v) is 18.7. The lowest BCUT2D eigenvalue weighted by atomic mass is 10.0. The van der Waals surface area contributed by atoms with Crippen LogP contribution in [0.1, 0.15) is 50.1 Å². The second kappa shape index (κ2) is 14.6. The van der Waals surface area contributed by atoms with E-state index in [4.69, 9.17) is 19.8 Å². The number of hydrogen-bond acceptors (Lipinski definition) is 11. The summed E-state index contributed by atoms with van der Waals surface area (Å²) in [5, 5.41) is 10.3. The molecule has 5 heterocycles. The van der Waals surface area contributed by atoms with Crippen LogP contribution in [0.2, 0.25) is 0 Å². The normalized spacial score (nSPS) is 15.2. The fourth-order valence-electron chi connectivity index (χ4n) is 6.32. The molecule has 1 unspecified atom stereocenters. The Morgan fingerprint density at radius 3 is 2.58 bits per heavy atom. The van der Waals surface area contributed by atoms with Crippen molar-refractivity contribution in [2.24, 2.45) is 0 Å². The third-order valence-electron chi connectivity index (χ3n) is 8.80. The molecule has 1 aliphatic heterocycles. The first kappa shape index (κ1) is 36.8. The SMILES string of the molecule is CCC(=O)N1CCN(c2nc(=O)n(-c3c(C)ccnc3C(C)C)c3nc(-c4c(O)cccc4F)c(F)cc23)C(COCc2ccc(S(=O)(=O)Cl)o2)C1. The number of carbonyl (C=O) groups is 1. The molecule has 1 aliphatic rings. The van der Waals surface area contributed by atoms with Gasteiger partial charge in [0.2, 0.25) is 11.0 Å². The number of hydrogen-bond donors (Lipinski definition) is 1. The zero-order valence-corrected chi connectivity index (χ0v) is 30.2. The van der Waals surface area contributed by atoms with Gasteiger partial charge < -0.3 is 24.1 Å². The van der Waals surface area contributed by atoms with Crippen molar-refractivity contribution in [1.29, 1.82) is 0 Å². The van der Waals surface area contributed by atoms with E-state index >= 15 is 8.78 Å². The van der Waals surface area contributed by atoms with Crippen molar-refractivity contribution in [2.45, 2.75) is 57.8 Å². The summed E-state index contributed by atoms with van der Waals surface area (Å²) in [6.45, 7) is 7.67. The molecule has 1 saturated heterocycles. The van der Waals surface area contributed by atoms with Gasteiger partial charge in [0.05, 0.1) is 35.0 Å². The number of pyridine rings is 2. The number of furan rings is 1. The minimum absolute atomic E-state index is 0.0466. The molecule has 274 valence electrons. The number of fused-ring (bicyclic) bond motifs is 1. The summed E-state index contributed by atoms with van der Waals surface area (Å²) in [6, 6.07) is 8.32. The van der Waals surface area contributed by atoms with Crippen LogP contribution < -0.4 is 10.6 Å². The van der Waals surface area contributed by atoms with Gasteiger partial charge in [-0.1, -0.05) is 26.8 Å². The Hall–Kier alpha value is -4.93. The molecule has 0 radical (unpaired) electrons. The Balaban J connectivity index is 1.52. The zero-order valence-electron chi connectivity index (χ0n) is 28.6. The van der Waals surface area contributed by atoms with Crippen LogP contribution in [0.4, 0.5) is 14.6 Å². The molecule has 1 fully saturated rings. The Labute approximate surface area is 301 Å². The Morgan fingerprint density at radius 2 is 1.90 bits per heavy atom. The summed E-state index contributed by atoms with van der Waals surface area (Å²) in [5.74, 6) is -2.50. The summed E-state index contributed by atoms with van der Waals surface area (Å²) in [4.78, 5) is 44.0. The number of rotatable bonds is 10. The fraction of sp³-hybridized carbons (Fsp3) is 0.343. The molecule has 52 heavy (non-hydrogen) atoms. The molecule has 4 aromatic heterocycles. The van der Waals surface area contributed by atoms with Gasteiger partial charge in [0, 0.05) is 42.9 Å². The number of benzene rings is 1. The summed E-state index contributed by atoms with van der Waals surface area (Å²) in [7, 11) is 1.28. The number of aryl methyl sites for hydroxylation is 1. The first-order chi connectivity index (χ1) is 24.7. The highest BCUT2D eigenvalue weighted by molar-refractivity contribution is 8.13. The molecule has 0 spiro atoms. The molecule has 6 rings (SSSR count). The summed E-state index contributed by atoms with van der Waals surface area (Å²) in [6.07, 6.45) is 1.86. The van der Waals surface area contributed by atoms with E-state index in [1.54, 1.807) is 35.9 Å². The van der Waals surface area contributed by atoms with E-state index in [2.05, 4.69) is 15.0 Å². The number of aromatic nitrogens is 4. The van der Waals surface area contributed by atoms with Gasteiger partial charge in [-0.25, -0.2) is 31.5 Å². The molecule has 1 amide bonds. The maximum atomic E-state index is 16.2. The molecular formula is C35H35ClF2N6O7S.